The Morgan fingerprint density at radius 1 is 1.62 bits per heavy atom. The van der Waals surface area contributed by atoms with Crippen LogP contribution in [0.1, 0.15) is 6.42 Å². The van der Waals surface area contributed by atoms with Crippen LogP contribution in [-0.4, -0.2) is 27.4 Å². The number of hydrogen-bond donors (Lipinski definition) is 0. The monoisotopic (exact) mass is 212 g/mol. The lowest BCUT2D eigenvalue weighted by molar-refractivity contribution is -0.475. The second-order valence-corrected chi connectivity index (χ2v) is 4.16. The number of hydrogen-bond acceptors (Lipinski definition) is 1. The topological polar surface area (TPSA) is 20.8 Å². The van der Waals surface area contributed by atoms with Crippen molar-refractivity contribution >= 4 is 6.72 Å². The van der Waals surface area contributed by atoms with Crippen LogP contribution < -0.4 is 0 Å². The summed E-state index contributed by atoms with van der Waals surface area (Å²) in [5.74, 6) is 0. The molecule has 1 aliphatic carbocycles. The van der Waals surface area contributed by atoms with Gasteiger partial charge in [0.1, 0.15) is 6.54 Å². The molecule has 0 bridgehead atoms. The van der Waals surface area contributed by atoms with Gasteiger partial charge in [0, 0.05) is 18.4 Å². The molecule has 1 aromatic rings. The molecule has 1 fully saturated rings. The zero-order chi connectivity index (χ0) is 11.0. The van der Waals surface area contributed by atoms with E-state index in [9.17, 15) is 0 Å². The highest BCUT2D eigenvalue weighted by molar-refractivity contribution is 5.46. The summed E-state index contributed by atoms with van der Waals surface area (Å²) >= 11 is 0. The maximum Gasteiger partial charge on any atom is 0.121 e. The third-order valence-electron chi connectivity index (χ3n) is 3.13. The first kappa shape index (κ1) is 9.33. The summed E-state index contributed by atoms with van der Waals surface area (Å²) in [4.78, 5) is 4.07. The molecule has 1 saturated heterocycles. The van der Waals surface area contributed by atoms with Crippen LogP contribution in [0.15, 0.2) is 42.0 Å². The van der Waals surface area contributed by atoms with Crippen molar-refractivity contribution in [2.75, 3.05) is 6.54 Å². The highest BCUT2D eigenvalue weighted by Crippen LogP contribution is 2.34. The van der Waals surface area contributed by atoms with Gasteiger partial charge >= 0.3 is 0 Å². The molecular weight excluding hydrogens is 198 g/mol. The number of allylic oxidation sites excluding steroid dienone is 2. The van der Waals surface area contributed by atoms with Gasteiger partial charge in [-0.2, -0.15) is 11.6 Å². The second kappa shape index (κ2) is 3.59. The molecule has 0 spiro atoms. The van der Waals surface area contributed by atoms with Gasteiger partial charge in [-0.25, -0.2) is 23.1 Å². The van der Waals surface area contributed by atoms with Gasteiger partial charge in [-0.05, 0) is 13.0 Å². The van der Waals surface area contributed by atoms with Crippen LogP contribution in [-0.2, 0) is 6.54 Å². The smallest absolute Gasteiger partial charge is 0.121 e. The van der Waals surface area contributed by atoms with Crippen molar-refractivity contribution in [2.45, 2.75) is 13.0 Å². The predicted octanol–water partition coefficient (Wildman–Crippen LogP) is 1.60. The van der Waals surface area contributed by atoms with Crippen LogP contribution in [0.2, 0.25) is 0 Å². The summed E-state index contributed by atoms with van der Waals surface area (Å²) in [6.45, 7) is 5.96. The van der Waals surface area contributed by atoms with E-state index in [0.29, 0.717) is 0 Å². The molecule has 0 atom stereocenters. The Kier molecular flexibility index (Phi) is 2.10. The Morgan fingerprint density at radius 3 is 3.38 bits per heavy atom. The van der Waals surface area contributed by atoms with Crippen molar-refractivity contribution in [2.24, 2.45) is 0 Å². The molecule has 3 nitrogen and oxygen atoms in total. The van der Waals surface area contributed by atoms with E-state index in [1.54, 1.807) is 0 Å². The third-order valence-corrected chi connectivity index (χ3v) is 3.13. The van der Waals surface area contributed by atoms with Crippen LogP contribution in [0.3, 0.4) is 0 Å². The highest BCUT2D eigenvalue weighted by Gasteiger charge is 2.20. The second-order valence-electron chi connectivity index (χ2n) is 4.16. The molecule has 0 saturated carbocycles. The normalized spacial score (nSPS) is 19.0. The molecule has 16 heavy (non-hydrogen) atoms. The zero-order valence-electron chi connectivity index (χ0n) is 9.13. The summed E-state index contributed by atoms with van der Waals surface area (Å²) in [6.07, 6.45) is 13.2. The molecule has 0 radical (unpaired) electrons. The maximum absolute atomic E-state index is 4.07. The summed E-state index contributed by atoms with van der Waals surface area (Å²) in [7, 11) is 0. The van der Waals surface area contributed by atoms with Crippen molar-refractivity contribution in [3.05, 3.63) is 54.5 Å². The lowest BCUT2D eigenvalue weighted by Crippen LogP contribution is -2.12. The summed E-state index contributed by atoms with van der Waals surface area (Å²) in [5, 5.41) is 0. The Hall–Kier alpha value is -1.90. The summed E-state index contributed by atoms with van der Waals surface area (Å²) in [5.41, 5.74) is 2.81. The lowest BCUT2D eigenvalue weighted by atomic mass is 9.93. The molecule has 2 aliphatic rings. The first-order chi connectivity index (χ1) is 7.84. The van der Waals surface area contributed by atoms with E-state index in [1.165, 1.54) is 17.2 Å². The molecule has 3 rings (SSSR count). The van der Waals surface area contributed by atoms with Crippen molar-refractivity contribution in [3.63, 3.8) is 0 Å². The fourth-order valence-corrected chi connectivity index (χ4v) is 2.30. The van der Waals surface area contributed by atoms with Crippen LogP contribution in [0.5, 0.6) is 0 Å². The minimum absolute atomic E-state index is 0.900. The van der Waals surface area contributed by atoms with Gasteiger partial charge in [0.2, 0.25) is 0 Å². The first-order valence-electron chi connectivity index (χ1n) is 5.49. The van der Waals surface area contributed by atoms with Crippen LogP contribution >= 0.6 is 0 Å². The standard InChI is InChI=1S/C13H14N3/c1-15-7-5-12-11(3-2-4-13(12)15)9-16-8-6-14-10-16/h2-4,6,8,10H,1,5,7,9H2/q-1. The van der Waals surface area contributed by atoms with Gasteiger partial charge < -0.3 is 9.14 Å². The Morgan fingerprint density at radius 2 is 2.56 bits per heavy atom. The average Bonchev–Trinajstić information content (AvgIpc) is 2.90. The number of aromatic nitrogens is 2. The fraction of sp³-hybridized carbons (Fsp3) is 0.231. The van der Waals surface area contributed by atoms with Crippen LogP contribution in [0.4, 0.5) is 0 Å². The predicted molar refractivity (Wildman–Crippen MR) is 62.8 cm³/mol. The number of rotatable bonds is 2. The van der Waals surface area contributed by atoms with Crippen molar-refractivity contribution in [1.29, 1.82) is 0 Å². The minimum Gasteiger partial charge on any atom is -0.344 e. The maximum atomic E-state index is 4.07. The summed E-state index contributed by atoms with van der Waals surface area (Å²) < 4.78 is 4.17. The van der Waals surface area contributed by atoms with Crippen LogP contribution in [0.25, 0.3) is 0 Å². The van der Waals surface area contributed by atoms with E-state index < -0.39 is 0 Å². The van der Waals surface area contributed by atoms with Gasteiger partial charge in [-0.3, -0.25) is 0 Å². The minimum atomic E-state index is 0.900. The van der Waals surface area contributed by atoms with Gasteiger partial charge in [0.05, 0.1) is 13.0 Å². The van der Waals surface area contributed by atoms with Gasteiger partial charge in [0.15, 0.2) is 0 Å². The highest BCUT2D eigenvalue weighted by atomic mass is 15.1. The zero-order valence-corrected chi connectivity index (χ0v) is 9.13. The SMILES string of the molecule is C=[N+]1CCC2=C(Cn3ccnc3)[CH-]C=C[C-]21. The van der Waals surface area contributed by atoms with Gasteiger partial charge in [-0.1, -0.05) is 0 Å². The third kappa shape index (κ3) is 1.45. The molecule has 0 amide bonds. The molecule has 0 unspecified atom stereocenters. The summed E-state index contributed by atoms with van der Waals surface area (Å²) in [6, 6.07) is 1.28. The van der Waals surface area contributed by atoms with Gasteiger partial charge in [0.25, 0.3) is 0 Å². The molecule has 3 heteroatoms. The number of fused-ring (bicyclic) bond motifs is 1. The van der Waals surface area contributed by atoms with E-state index >= 15 is 0 Å². The Balaban J connectivity index is 1.89. The van der Waals surface area contributed by atoms with E-state index in [0.717, 1.165) is 19.5 Å². The first-order valence-corrected chi connectivity index (χ1v) is 5.49. The quantitative estimate of drug-likeness (QED) is 0.539. The van der Waals surface area contributed by atoms with Crippen LogP contribution in [0, 0.1) is 12.5 Å². The van der Waals surface area contributed by atoms with Crippen molar-refractivity contribution in [3.8, 4) is 0 Å². The largest absolute Gasteiger partial charge is 0.344 e. The van der Waals surface area contributed by atoms with E-state index in [2.05, 4.69) is 39.4 Å². The van der Waals surface area contributed by atoms with E-state index in [4.69, 9.17) is 0 Å². The lowest BCUT2D eigenvalue weighted by Gasteiger charge is -2.30. The fourth-order valence-electron chi connectivity index (χ4n) is 2.30. The average molecular weight is 212 g/mol. The van der Waals surface area contributed by atoms with E-state index in [-0.39, 0.29) is 0 Å². The molecule has 1 aliphatic heterocycles. The van der Waals surface area contributed by atoms with E-state index in [1.807, 2.05) is 18.7 Å². The Labute approximate surface area is 95.4 Å². The molecule has 0 aromatic carbocycles. The van der Waals surface area contributed by atoms with Gasteiger partial charge in [-0.15, -0.1) is 0 Å². The number of nitrogens with zero attached hydrogens (tertiary/aromatic N) is 3. The Bertz CT molecular complexity index is 465. The number of imidazole rings is 1. The molecule has 1 aromatic heterocycles. The van der Waals surface area contributed by atoms with Crippen molar-refractivity contribution in [1.82, 2.24) is 9.55 Å². The molecule has 2 heterocycles. The van der Waals surface area contributed by atoms with Crippen molar-refractivity contribution < 1.29 is 4.58 Å². The molecular formula is C13H14N3-. The molecule has 0 N–H and O–H groups in total. The molecule has 82 valence electrons.